The van der Waals surface area contributed by atoms with E-state index in [0.29, 0.717) is 6.20 Å². The Bertz CT molecular complexity index is 492. The van der Waals surface area contributed by atoms with Gasteiger partial charge in [0.05, 0.1) is 11.5 Å². The van der Waals surface area contributed by atoms with E-state index < -0.39 is 40.0 Å². The van der Waals surface area contributed by atoms with Gasteiger partial charge in [-0.15, -0.1) is 0 Å². The highest BCUT2D eigenvalue weighted by Gasteiger charge is 2.31. The summed E-state index contributed by atoms with van der Waals surface area (Å²) in [6.45, 7) is 1.41. The van der Waals surface area contributed by atoms with Crippen LogP contribution >= 0.6 is 0 Å². The molecular weight excluding hydrogens is 254 g/mol. The predicted octanol–water partition coefficient (Wildman–Crippen LogP) is 1.81. The minimum absolute atomic E-state index is 0.0546. The maximum atomic E-state index is 12.6. The Morgan fingerprint density at radius 1 is 1.67 bits per heavy atom. The number of pyridine rings is 1. The van der Waals surface area contributed by atoms with Gasteiger partial charge < -0.3 is 9.84 Å². The fourth-order valence-electron chi connectivity index (χ4n) is 1.21. The number of alkyl halides is 2. The van der Waals surface area contributed by atoms with Gasteiger partial charge >= 0.3 is 5.97 Å². The van der Waals surface area contributed by atoms with Crippen molar-refractivity contribution < 1.29 is 28.3 Å². The third-order valence-corrected chi connectivity index (χ3v) is 1.96. The van der Waals surface area contributed by atoms with Gasteiger partial charge in [-0.2, -0.15) is 0 Å². The number of halogens is 2. The van der Waals surface area contributed by atoms with E-state index in [0.717, 1.165) is 0 Å². The van der Waals surface area contributed by atoms with Crippen molar-refractivity contribution in [2.75, 3.05) is 6.61 Å². The number of nitrogens with zero attached hydrogens (tertiary/aromatic N) is 2. The zero-order valence-electron chi connectivity index (χ0n) is 9.09. The van der Waals surface area contributed by atoms with E-state index >= 15 is 0 Å². The number of rotatable bonds is 4. The average Bonchev–Trinajstić information content (AvgIpc) is 2.27. The van der Waals surface area contributed by atoms with Gasteiger partial charge in [-0.3, -0.25) is 10.1 Å². The summed E-state index contributed by atoms with van der Waals surface area (Å²) in [4.78, 5) is 23.9. The number of hydrogen-bond acceptors (Lipinski definition) is 6. The van der Waals surface area contributed by atoms with E-state index in [9.17, 15) is 28.8 Å². The minimum atomic E-state index is -3.32. The zero-order valence-corrected chi connectivity index (χ0v) is 9.09. The molecule has 98 valence electrons. The second-order valence-corrected chi connectivity index (χ2v) is 3.03. The van der Waals surface area contributed by atoms with E-state index in [1.807, 2.05) is 0 Å². The van der Waals surface area contributed by atoms with E-state index in [1.165, 1.54) is 6.92 Å². The molecule has 0 aliphatic rings. The van der Waals surface area contributed by atoms with Crippen molar-refractivity contribution in [2.45, 2.75) is 13.3 Å². The third kappa shape index (κ3) is 2.50. The van der Waals surface area contributed by atoms with Crippen LogP contribution in [0.25, 0.3) is 0 Å². The third-order valence-electron chi connectivity index (χ3n) is 1.96. The SMILES string of the molecule is CCOC(=O)c1ncc([N+](=O)[O-])c(C(F)F)c1O. The van der Waals surface area contributed by atoms with Gasteiger partial charge in [0.2, 0.25) is 0 Å². The van der Waals surface area contributed by atoms with Crippen LogP contribution in [0.5, 0.6) is 5.75 Å². The summed E-state index contributed by atoms with van der Waals surface area (Å²) in [6.07, 6.45) is -2.84. The standard InChI is InChI=1S/C9H8F2N2O5/c1-2-18-9(15)6-7(14)5(8(10)11)4(3-12-6)13(16)17/h3,8,14H,2H2,1H3. The Hall–Kier alpha value is -2.32. The van der Waals surface area contributed by atoms with Crippen molar-refractivity contribution >= 4 is 11.7 Å². The Kier molecular flexibility index (Phi) is 4.08. The Morgan fingerprint density at radius 2 is 2.28 bits per heavy atom. The molecule has 0 aromatic carbocycles. The summed E-state index contributed by atoms with van der Waals surface area (Å²) >= 11 is 0. The average molecular weight is 262 g/mol. The summed E-state index contributed by atoms with van der Waals surface area (Å²) in [6, 6.07) is 0. The summed E-state index contributed by atoms with van der Waals surface area (Å²) in [5.41, 5.74) is -3.09. The van der Waals surface area contributed by atoms with Crippen LogP contribution in [0.15, 0.2) is 6.20 Å². The lowest BCUT2D eigenvalue weighted by molar-refractivity contribution is -0.386. The molecule has 18 heavy (non-hydrogen) atoms. The lowest BCUT2D eigenvalue weighted by Gasteiger charge is -2.08. The molecule has 0 aliphatic carbocycles. The molecular formula is C9H8F2N2O5. The van der Waals surface area contributed by atoms with Crippen LogP contribution in [-0.4, -0.2) is 27.6 Å². The number of ether oxygens (including phenoxy) is 1. The maximum Gasteiger partial charge on any atom is 0.360 e. The lowest BCUT2D eigenvalue weighted by atomic mass is 10.1. The zero-order chi connectivity index (χ0) is 13.9. The van der Waals surface area contributed by atoms with E-state index in [-0.39, 0.29) is 6.61 Å². The molecule has 1 N–H and O–H groups in total. The molecule has 0 amide bonds. The largest absolute Gasteiger partial charge is 0.505 e. The number of carbonyl (C=O) groups excluding carboxylic acids is 1. The van der Waals surface area contributed by atoms with Crippen LogP contribution < -0.4 is 0 Å². The molecule has 0 aliphatic heterocycles. The maximum absolute atomic E-state index is 12.6. The van der Waals surface area contributed by atoms with Gasteiger partial charge in [0, 0.05) is 0 Å². The molecule has 7 nitrogen and oxygen atoms in total. The topological polar surface area (TPSA) is 103 Å². The molecule has 0 radical (unpaired) electrons. The van der Waals surface area contributed by atoms with E-state index in [2.05, 4.69) is 9.72 Å². The first-order valence-electron chi connectivity index (χ1n) is 4.71. The highest BCUT2D eigenvalue weighted by molar-refractivity contribution is 5.91. The molecule has 1 heterocycles. The van der Waals surface area contributed by atoms with Gasteiger partial charge in [0.25, 0.3) is 12.1 Å². The molecule has 1 rings (SSSR count). The van der Waals surface area contributed by atoms with Gasteiger partial charge in [-0.25, -0.2) is 18.6 Å². The Morgan fingerprint density at radius 3 is 2.72 bits per heavy atom. The summed E-state index contributed by atoms with van der Waals surface area (Å²) in [7, 11) is 0. The lowest BCUT2D eigenvalue weighted by Crippen LogP contribution is -2.10. The van der Waals surface area contributed by atoms with Crippen LogP contribution in [0.4, 0.5) is 14.5 Å². The molecule has 0 fully saturated rings. The number of aromatic nitrogens is 1. The number of nitro groups is 1. The van der Waals surface area contributed by atoms with Crippen LogP contribution in [0.3, 0.4) is 0 Å². The van der Waals surface area contributed by atoms with Crippen molar-refractivity contribution in [3.8, 4) is 5.75 Å². The van der Waals surface area contributed by atoms with Gasteiger partial charge in [0.15, 0.2) is 11.4 Å². The molecule has 0 atom stereocenters. The fraction of sp³-hybridized carbons (Fsp3) is 0.333. The summed E-state index contributed by atoms with van der Waals surface area (Å²) < 4.78 is 29.7. The molecule has 9 heteroatoms. The molecule has 1 aromatic rings. The van der Waals surface area contributed by atoms with Crippen LogP contribution in [0.1, 0.15) is 29.4 Å². The van der Waals surface area contributed by atoms with Crippen LogP contribution in [0, 0.1) is 10.1 Å². The molecule has 0 saturated heterocycles. The number of hydrogen-bond donors (Lipinski definition) is 1. The second kappa shape index (κ2) is 5.34. The van der Waals surface area contributed by atoms with Crippen molar-refractivity contribution in [2.24, 2.45) is 0 Å². The monoisotopic (exact) mass is 262 g/mol. The first kappa shape index (κ1) is 13.7. The van der Waals surface area contributed by atoms with Gasteiger partial charge in [0.1, 0.15) is 11.8 Å². The van der Waals surface area contributed by atoms with Crippen LogP contribution in [0.2, 0.25) is 0 Å². The smallest absolute Gasteiger partial charge is 0.360 e. The molecule has 0 saturated carbocycles. The molecule has 0 bridgehead atoms. The molecule has 0 spiro atoms. The summed E-state index contributed by atoms with van der Waals surface area (Å²) in [5.74, 6) is -2.37. The van der Waals surface area contributed by atoms with E-state index in [4.69, 9.17) is 0 Å². The van der Waals surface area contributed by atoms with Crippen molar-refractivity contribution in [3.05, 3.63) is 27.6 Å². The highest BCUT2D eigenvalue weighted by atomic mass is 19.3. The van der Waals surface area contributed by atoms with Crippen molar-refractivity contribution in [3.63, 3.8) is 0 Å². The molecule has 0 unspecified atom stereocenters. The number of aromatic hydroxyl groups is 1. The first-order chi connectivity index (χ1) is 8.40. The Labute approximate surface area is 99.2 Å². The fourth-order valence-corrected chi connectivity index (χ4v) is 1.21. The van der Waals surface area contributed by atoms with Gasteiger partial charge in [-0.05, 0) is 6.92 Å². The molecule has 1 aromatic heterocycles. The minimum Gasteiger partial charge on any atom is -0.505 e. The Balaban J connectivity index is 3.39. The van der Waals surface area contributed by atoms with Crippen molar-refractivity contribution in [1.29, 1.82) is 0 Å². The van der Waals surface area contributed by atoms with Crippen molar-refractivity contribution in [1.82, 2.24) is 4.98 Å². The predicted molar refractivity (Wildman–Crippen MR) is 53.5 cm³/mol. The first-order valence-corrected chi connectivity index (χ1v) is 4.71. The second-order valence-electron chi connectivity index (χ2n) is 3.03. The quantitative estimate of drug-likeness (QED) is 0.504. The number of esters is 1. The highest BCUT2D eigenvalue weighted by Crippen LogP contribution is 2.37. The summed E-state index contributed by atoms with van der Waals surface area (Å²) in [5, 5.41) is 19.9. The van der Waals surface area contributed by atoms with Gasteiger partial charge in [-0.1, -0.05) is 0 Å². The number of carbonyl (C=O) groups is 1. The van der Waals surface area contributed by atoms with E-state index in [1.54, 1.807) is 0 Å². The van der Waals surface area contributed by atoms with Crippen LogP contribution in [-0.2, 0) is 4.74 Å². The normalized spacial score (nSPS) is 10.4.